The van der Waals surface area contributed by atoms with Gasteiger partial charge in [-0.25, -0.2) is 9.18 Å². The van der Waals surface area contributed by atoms with Crippen molar-refractivity contribution in [2.24, 2.45) is 5.92 Å². The van der Waals surface area contributed by atoms with Gasteiger partial charge in [-0.1, -0.05) is 6.92 Å². The predicted molar refractivity (Wildman–Crippen MR) is 80.4 cm³/mol. The Morgan fingerprint density at radius 1 is 1.57 bits per heavy atom. The molecule has 1 N–H and O–H groups in total. The summed E-state index contributed by atoms with van der Waals surface area (Å²) in [5.41, 5.74) is -0.630. The highest BCUT2D eigenvalue weighted by molar-refractivity contribution is 7.98. The summed E-state index contributed by atoms with van der Waals surface area (Å²) in [5, 5.41) is 13.9. The van der Waals surface area contributed by atoms with Crippen LogP contribution < -0.4 is 5.32 Å². The highest BCUT2D eigenvalue weighted by Crippen LogP contribution is 2.28. The van der Waals surface area contributed by atoms with Gasteiger partial charge in [-0.2, -0.15) is 11.8 Å². The number of nitrogens with zero attached hydrogens (tertiary/aromatic N) is 1. The maximum absolute atomic E-state index is 13.7. The number of methoxy groups -OCH3 is 1. The van der Waals surface area contributed by atoms with E-state index in [1.54, 1.807) is 11.8 Å². The van der Waals surface area contributed by atoms with Gasteiger partial charge >= 0.3 is 5.97 Å². The van der Waals surface area contributed by atoms with Gasteiger partial charge in [0.05, 0.1) is 23.7 Å². The molecule has 0 amide bonds. The molecule has 1 rings (SSSR count). The Labute approximate surface area is 126 Å². The van der Waals surface area contributed by atoms with Crippen LogP contribution in [0.25, 0.3) is 0 Å². The Morgan fingerprint density at radius 2 is 2.24 bits per heavy atom. The molecule has 0 bridgehead atoms. The Kier molecular flexibility index (Phi) is 6.41. The van der Waals surface area contributed by atoms with E-state index in [0.717, 1.165) is 25.0 Å². The molecule has 116 valence electrons. The first-order chi connectivity index (χ1) is 9.90. The molecule has 1 unspecified atom stereocenters. The zero-order valence-electron chi connectivity index (χ0n) is 12.0. The number of hydrogen-bond acceptors (Lipinski definition) is 6. The van der Waals surface area contributed by atoms with Crippen LogP contribution in [0.1, 0.15) is 17.3 Å². The molecule has 1 atom stereocenters. The minimum Gasteiger partial charge on any atom is -0.465 e. The summed E-state index contributed by atoms with van der Waals surface area (Å²) >= 11 is 1.66. The van der Waals surface area contributed by atoms with Gasteiger partial charge in [-0.15, -0.1) is 0 Å². The van der Waals surface area contributed by atoms with E-state index in [4.69, 9.17) is 0 Å². The van der Waals surface area contributed by atoms with E-state index in [1.807, 2.05) is 13.2 Å². The summed E-state index contributed by atoms with van der Waals surface area (Å²) < 4.78 is 18.2. The Balaban J connectivity index is 3.08. The number of anilines is 1. The van der Waals surface area contributed by atoms with E-state index in [1.165, 1.54) is 0 Å². The summed E-state index contributed by atoms with van der Waals surface area (Å²) in [7, 11) is 1.12. The summed E-state index contributed by atoms with van der Waals surface area (Å²) in [6.07, 6.45) is 1.96. The number of thioether (sulfide) groups is 1. The monoisotopic (exact) mass is 316 g/mol. The lowest BCUT2D eigenvalue weighted by Crippen LogP contribution is -2.15. The third kappa shape index (κ3) is 4.59. The number of ether oxygens (including phenoxy) is 1. The van der Waals surface area contributed by atoms with E-state index >= 15 is 0 Å². The molecule has 0 saturated heterocycles. The molecule has 21 heavy (non-hydrogen) atoms. The van der Waals surface area contributed by atoms with Gasteiger partial charge < -0.3 is 10.1 Å². The number of carbonyl (C=O) groups excluding carboxylic acids is 1. The molecule has 0 aromatic heterocycles. The van der Waals surface area contributed by atoms with Gasteiger partial charge in [-0.05, 0) is 24.0 Å². The molecule has 1 aromatic rings. The van der Waals surface area contributed by atoms with Crippen molar-refractivity contribution >= 4 is 29.1 Å². The Hall–Kier alpha value is -1.83. The number of rotatable bonds is 7. The van der Waals surface area contributed by atoms with Crippen LogP contribution in [0, 0.1) is 21.8 Å². The van der Waals surface area contributed by atoms with Crippen molar-refractivity contribution in [1.82, 2.24) is 0 Å². The average molecular weight is 316 g/mol. The van der Waals surface area contributed by atoms with E-state index < -0.39 is 22.4 Å². The molecular weight excluding hydrogens is 299 g/mol. The summed E-state index contributed by atoms with van der Waals surface area (Å²) in [6, 6.07) is 1.85. The molecule has 0 spiro atoms. The van der Waals surface area contributed by atoms with Crippen LogP contribution in [-0.4, -0.2) is 36.6 Å². The fraction of sp³-hybridized carbons (Fsp3) is 0.462. The van der Waals surface area contributed by atoms with Crippen molar-refractivity contribution < 1.29 is 18.8 Å². The van der Waals surface area contributed by atoms with Gasteiger partial charge in [-0.3, -0.25) is 10.1 Å². The SMILES string of the molecule is COC(=O)c1cc(NCC(C)CSC)c([N+](=O)[O-])cc1F. The molecule has 0 aliphatic carbocycles. The van der Waals surface area contributed by atoms with Gasteiger partial charge in [0.15, 0.2) is 0 Å². The lowest BCUT2D eigenvalue weighted by atomic mass is 10.1. The van der Waals surface area contributed by atoms with Crippen LogP contribution in [0.5, 0.6) is 0 Å². The molecule has 0 fully saturated rings. The normalized spacial score (nSPS) is 11.8. The number of hydrogen-bond donors (Lipinski definition) is 1. The lowest BCUT2D eigenvalue weighted by Gasteiger charge is -2.13. The zero-order valence-corrected chi connectivity index (χ0v) is 12.8. The van der Waals surface area contributed by atoms with Crippen LogP contribution in [0.15, 0.2) is 12.1 Å². The minimum absolute atomic E-state index is 0.106. The van der Waals surface area contributed by atoms with Crippen molar-refractivity contribution in [1.29, 1.82) is 0 Å². The van der Waals surface area contributed by atoms with Gasteiger partial charge in [0.25, 0.3) is 5.69 Å². The van der Waals surface area contributed by atoms with Gasteiger partial charge in [0, 0.05) is 6.54 Å². The summed E-state index contributed by atoms with van der Waals surface area (Å²) in [6.45, 7) is 2.47. The van der Waals surface area contributed by atoms with Gasteiger partial charge in [0.1, 0.15) is 11.5 Å². The number of nitro benzene ring substituents is 1. The van der Waals surface area contributed by atoms with E-state index in [2.05, 4.69) is 10.1 Å². The van der Waals surface area contributed by atoms with Crippen molar-refractivity contribution in [2.75, 3.05) is 31.0 Å². The third-order valence-corrected chi connectivity index (χ3v) is 3.68. The van der Waals surface area contributed by atoms with Crippen molar-refractivity contribution in [3.05, 3.63) is 33.6 Å². The quantitative estimate of drug-likeness (QED) is 0.473. The molecule has 6 nitrogen and oxygen atoms in total. The van der Waals surface area contributed by atoms with E-state index in [0.29, 0.717) is 6.54 Å². The number of benzene rings is 1. The minimum atomic E-state index is -0.976. The van der Waals surface area contributed by atoms with Crippen molar-refractivity contribution in [3.63, 3.8) is 0 Å². The topological polar surface area (TPSA) is 81.5 Å². The lowest BCUT2D eigenvalue weighted by molar-refractivity contribution is -0.384. The highest BCUT2D eigenvalue weighted by Gasteiger charge is 2.22. The number of nitro groups is 1. The fourth-order valence-electron chi connectivity index (χ4n) is 1.75. The second-order valence-electron chi connectivity index (χ2n) is 4.54. The van der Waals surface area contributed by atoms with Crippen LogP contribution in [0.3, 0.4) is 0 Å². The van der Waals surface area contributed by atoms with Gasteiger partial charge in [0.2, 0.25) is 0 Å². The Morgan fingerprint density at radius 3 is 2.76 bits per heavy atom. The molecule has 0 aliphatic rings. The van der Waals surface area contributed by atoms with Crippen LogP contribution in [0.4, 0.5) is 15.8 Å². The van der Waals surface area contributed by atoms with Crippen LogP contribution >= 0.6 is 11.8 Å². The van der Waals surface area contributed by atoms with Crippen molar-refractivity contribution in [3.8, 4) is 0 Å². The molecule has 0 aliphatic heterocycles. The molecule has 0 saturated carbocycles. The third-order valence-electron chi connectivity index (χ3n) is 2.78. The van der Waals surface area contributed by atoms with E-state index in [-0.39, 0.29) is 17.2 Å². The summed E-state index contributed by atoms with van der Waals surface area (Å²) in [4.78, 5) is 21.7. The number of carbonyl (C=O) groups is 1. The largest absolute Gasteiger partial charge is 0.465 e. The highest BCUT2D eigenvalue weighted by atomic mass is 32.2. The molecule has 0 radical (unpaired) electrons. The van der Waals surface area contributed by atoms with Crippen LogP contribution in [0.2, 0.25) is 0 Å². The smallest absolute Gasteiger partial charge is 0.340 e. The van der Waals surface area contributed by atoms with E-state index in [9.17, 15) is 19.3 Å². The average Bonchev–Trinajstić information content (AvgIpc) is 2.44. The first kappa shape index (κ1) is 17.2. The van der Waals surface area contributed by atoms with Crippen LogP contribution in [-0.2, 0) is 4.74 Å². The number of halogens is 1. The number of nitrogens with one attached hydrogen (secondary N) is 1. The molecule has 1 aromatic carbocycles. The Bertz CT molecular complexity index is 539. The maximum atomic E-state index is 13.7. The first-order valence-corrected chi connectivity index (χ1v) is 7.59. The first-order valence-electron chi connectivity index (χ1n) is 6.19. The zero-order chi connectivity index (χ0) is 16.0. The fourth-order valence-corrected chi connectivity index (χ4v) is 2.44. The molecular formula is C13H17FN2O4S. The standard InChI is InChI=1S/C13H17FN2O4S/c1-8(7-21-3)6-15-11-4-9(13(17)20-2)10(14)5-12(11)16(18)19/h4-5,8,15H,6-7H2,1-3H3. The maximum Gasteiger partial charge on any atom is 0.340 e. The number of esters is 1. The second kappa shape index (κ2) is 7.82. The summed E-state index contributed by atoms with van der Waals surface area (Å²) in [5.74, 6) is -0.698. The molecule has 8 heteroatoms. The predicted octanol–water partition coefficient (Wildman–Crippen LogP) is 2.93. The molecule has 0 heterocycles. The van der Waals surface area contributed by atoms with Crippen molar-refractivity contribution in [2.45, 2.75) is 6.92 Å². The second-order valence-corrected chi connectivity index (χ2v) is 5.45.